The summed E-state index contributed by atoms with van der Waals surface area (Å²) < 4.78 is 0. The molecule has 0 bridgehead atoms. The normalized spacial score (nSPS) is 14.1. The zero-order valence-corrected chi connectivity index (χ0v) is 12.2. The lowest BCUT2D eigenvalue weighted by Gasteiger charge is -2.15. The van der Waals surface area contributed by atoms with Crippen LogP contribution in [0.3, 0.4) is 0 Å². The van der Waals surface area contributed by atoms with Gasteiger partial charge in [-0.15, -0.1) is 0 Å². The first-order chi connectivity index (χ1) is 9.63. The highest BCUT2D eigenvalue weighted by molar-refractivity contribution is 6.42. The second-order valence-electron chi connectivity index (χ2n) is 4.79. The standard InChI is InChI=1S/C14H13Cl2N3O/c15-10-2-1-8(5-11(10)16)6-13-18-12-3-4-17-7-9(12)14(20)19-13/h1-2,5,17H,3-4,6-7H2,(H,18,19,20). The molecule has 2 heterocycles. The van der Waals surface area contributed by atoms with Gasteiger partial charge in [-0.3, -0.25) is 4.79 Å². The zero-order valence-electron chi connectivity index (χ0n) is 10.7. The SMILES string of the molecule is O=c1[nH]c(Cc2ccc(Cl)c(Cl)c2)nc2c1CNCC2. The number of rotatable bonds is 2. The molecule has 20 heavy (non-hydrogen) atoms. The Bertz CT molecular complexity index is 712. The second-order valence-corrected chi connectivity index (χ2v) is 5.60. The first-order valence-corrected chi connectivity index (χ1v) is 7.14. The minimum absolute atomic E-state index is 0.0581. The molecule has 4 nitrogen and oxygen atoms in total. The van der Waals surface area contributed by atoms with Crippen LogP contribution in [0.15, 0.2) is 23.0 Å². The van der Waals surface area contributed by atoms with E-state index in [0.29, 0.717) is 28.8 Å². The maximum Gasteiger partial charge on any atom is 0.255 e. The molecule has 0 atom stereocenters. The number of H-pyrrole nitrogens is 1. The van der Waals surface area contributed by atoms with Crippen LogP contribution >= 0.6 is 23.2 Å². The van der Waals surface area contributed by atoms with Gasteiger partial charge in [0.1, 0.15) is 5.82 Å². The fourth-order valence-corrected chi connectivity index (χ4v) is 2.65. The summed E-state index contributed by atoms with van der Waals surface area (Å²) >= 11 is 11.9. The zero-order chi connectivity index (χ0) is 14.1. The summed E-state index contributed by atoms with van der Waals surface area (Å²) in [4.78, 5) is 19.4. The van der Waals surface area contributed by atoms with Crippen LogP contribution in [0, 0.1) is 0 Å². The van der Waals surface area contributed by atoms with Gasteiger partial charge < -0.3 is 10.3 Å². The Labute approximate surface area is 126 Å². The summed E-state index contributed by atoms with van der Waals surface area (Å²) in [5.74, 6) is 0.661. The first-order valence-electron chi connectivity index (χ1n) is 6.39. The number of halogens is 2. The first kappa shape index (κ1) is 13.6. The van der Waals surface area contributed by atoms with Gasteiger partial charge in [0.25, 0.3) is 5.56 Å². The van der Waals surface area contributed by atoms with E-state index in [0.717, 1.165) is 29.8 Å². The average molecular weight is 310 g/mol. The summed E-state index contributed by atoms with van der Waals surface area (Å²) in [7, 11) is 0. The molecular formula is C14H13Cl2N3O. The molecule has 0 amide bonds. The topological polar surface area (TPSA) is 57.8 Å². The number of aromatic nitrogens is 2. The van der Waals surface area contributed by atoms with Crippen molar-refractivity contribution in [2.24, 2.45) is 0 Å². The van der Waals surface area contributed by atoms with E-state index in [9.17, 15) is 4.79 Å². The number of aromatic amines is 1. The van der Waals surface area contributed by atoms with E-state index in [1.54, 1.807) is 12.1 Å². The number of nitrogens with one attached hydrogen (secondary N) is 2. The van der Waals surface area contributed by atoms with Gasteiger partial charge in [-0.05, 0) is 17.7 Å². The summed E-state index contributed by atoms with van der Waals surface area (Å²) in [6, 6.07) is 5.43. The smallest absolute Gasteiger partial charge is 0.255 e. The Balaban J connectivity index is 1.93. The highest BCUT2D eigenvalue weighted by Gasteiger charge is 2.15. The summed E-state index contributed by atoms with van der Waals surface area (Å²) in [6.07, 6.45) is 1.32. The lowest BCUT2D eigenvalue weighted by molar-refractivity contribution is 0.615. The molecule has 1 aliphatic rings. The van der Waals surface area contributed by atoms with Gasteiger partial charge >= 0.3 is 0 Å². The predicted molar refractivity (Wildman–Crippen MR) is 79.5 cm³/mol. The molecule has 0 saturated heterocycles. The van der Waals surface area contributed by atoms with Crippen LogP contribution in [0.1, 0.15) is 22.6 Å². The molecule has 6 heteroatoms. The van der Waals surface area contributed by atoms with E-state index in [4.69, 9.17) is 23.2 Å². The van der Waals surface area contributed by atoms with E-state index >= 15 is 0 Å². The maximum absolute atomic E-state index is 12.0. The van der Waals surface area contributed by atoms with Gasteiger partial charge in [-0.2, -0.15) is 0 Å². The molecule has 0 aliphatic carbocycles. The molecule has 0 fully saturated rings. The van der Waals surface area contributed by atoms with Crippen LogP contribution in [0.4, 0.5) is 0 Å². The van der Waals surface area contributed by atoms with Gasteiger partial charge in [0.15, 0.2) is 0 Å². The van der Waals surface area contributed by atoms with Crippen molar-refractivity contribution in [1.29, 1.82) is 0 Å². The maximum atomic E-state index is 12.0. The van der Waals surface area contributed by atoms with Crippen molar-refractivity contribution in [3.8, 4) is 0 Å². The van der Waals surface area contributed by atoms with Gasteiger partial charge in [-0.25, -0.2) is 4.98 Å². The van der Waals surface area contributed by atoms with E-state index in [1.807, 2.05) is 6.07 Å². The molecule has 1 aromatic carbocycles. The van der Waals surface area contributed by atoms with Crippen molar-refractivity contribution in [2.75, 3.05) is 6.54 Å². The number of hydrogen-bond donors (Lipinski definition) is 2. The Morgan fingerprint density at radius 3 is 2.90 bits per heavy atom. The molecule has 0 saturated carbocycles. The fraction of sp³-hybridized carbons (Fsp3) is 0.286. The third kappa shape index (κ3) is 2.73. The molecule has 3 rings (SSSR count). The quantitative estimate of drug-likeness (QED) is 0.895. The second kappa shape index (κ2) is 5.56. The summed E-state index contributed by atoms with van der Waals surface area (Å²) in [5.41, 5.74) is 2.55. The average Bonchev–Trinajstić information content (AvgIpc) is 2.43. The number of benzene rings is 1. The minimum atomic E-state index is -0.0581. The number of nitrogens with zero attached hydrogens (tertiary/aromatic N) is 1. The van der Waals surface area contributed by atoms with Gasteiger partial charge in [-0.1, -0.05) is 29.3 Å². The highest BCUT2D eigenvalue weighted by Crippen LogP contribution is 2.23. The number of fused-ring (bicyclic) bond motifs is 1. The van der Waals surface area contributed by atoms with Crippen molar-refractivity contribution >= 4 is 23.2 Å². The van der Waals surface area contributed by atoms with Crippen molar-refractivity contribution in [3.63, 3.8) is 0 Å². The fourth-order valence-electron chi connectivity index (χ4n) is 2.33. The van der Waals surface area contributed by atoms with E-state index in [1.165, 1.54) is 0 Å². The molecule has 1 aliphatic heterocycles. The lowest BCUT2D eigenvalue weighted by atomic mass is 10.1. The molecular weight excluding hydrogens is 297 g/mol. The van der Waals surface area contributed by atoms with Crippen LogP contribution in [-0.4, -0.2) is 16.5 Å². The Hall–Kier alpha value is -1.36. The Morgan fingerprint density at radius 2 is 2.10 bits per heavy atom. The van der Waals surface area contributed by atoms with E-state index < -0.39 is 0 Å². The lowest BCUT2D eigenvalue weighted by Crippen LogP contribution is -2.32. The van der Waals surface area contributed by atoms with Crippen LogP contribution in [0.25, 0.3) is 0 Å². The molecule has 2 aromatic rings. The highest BCUT2D eigenvalue weighted by atomic mass is 35.5. The predicted octanol–water partition coefficient (Wildman–Crippen LogP) is 2.31. The van der Waals surface area contributed by atoms with Gasteiger partial charge in [0.2, 0.25) is 0 Å². The van der Waals surface area contributed by atoms with E-state index in [-0.39, 0.29) is 5.56 Å². The van der Waals surface area contributed by atoms with Crippen LogP contribution in [0.2, 0.25) is 10.0 Å². The third-order valence-corrected chi connectivity index (χ3v) is 4.09. The van der Waals surface area contributed by atoms with Crippen molar-refractivity contribution in [3.05, 3.63) is 61.2 Å². The molecule has 1 aromatic heterocycles. The van der Waals surface area contributed by atoms with Crippen molar-refractivity contribution in [2.45, 2.75) is 19.4 Å². The summed E-state index contributed by atoms with van der Waals surface area (Å²) in [6.45, 7) is 1.44. The molecule has 104 valence electrons. The van der Waals surface area contributed by atoms with Crippen LogP contribution in [0.5, 0.6) is 0 Å². The van der Waals surface area contributed by atoms with Crippen LogP contribution in [-0.2, 0) is 19.4 Å². The minimum Gasteiger partial charge on any atom is -0.312 e. The van der Waals surface area contributed by atoms with Crippen molar-refractivity contribution in [1.82, 2.24) is 15.3 Å². The summed E-state index contributed by atoms with van der Waals surface area (Å²) in [5, 5.41) is 4.20. The van der Waals surface area contributed by atoms with E-state index in [2.05, 4.69) is 15.3 Å². The van der Waals surface area contributed by atoms with Gasteiger partial charge in [0, 0.05) is 25.9 Å². The molecule has 0 spiro atoms. The molecule has 0 unspecified atom stereocenters. The Kier molecular flexibility index (Phi) is 3.78. The largest absolute Gasteiger partial charge is 0.312 e. The third-order valence-electron chi connectivity index (χ3n) is 3.35. The van der Waals surface area contributed by atoms with Crippen molar-refractivity contribution < 1.29 is 0 Å². The molecule has 0 radical (unpaired) electrons. The number of hydrogen-bond acceptors (Lipinski definition) is 3. The monoisotopic (exact) mass is 309 g/mol. The van der Waals surface area contributed by atoms with Gasteiger partial charge in [0.05, 0.1) is 21.3 Å². The molecule has 2 N–H and O–H groups in total. The Morgan fingerprint density at radius 1 is 1.25 bits per heavy atom. The van der Waals surface area contributed by atoms with Crippen LogP contribution < -0.4 is 10.9 Å².